The van der Waals surface area contributed by atoms with Gasteiger partial charge in [-0.1, -0.05) is 22.0 Å². The van der Waals surface area contributed by atoms with E-state index in [1.54, 1.807) is 0 Å². The Morgan fingerprint density at radius 1 is 1.42 bits per heavy atom. The second kappa shape index (κ2) is 8.00. The fourth-order valence-corrected chi connectivity index (χ4v) is 2.73. The molecule has 2 N–H and O–H groups in total. The van der Waals surface area contributed by atoms with Crippen LogP contribution in [0.1, 0.15) is 17.5 Å². The van der Waals surface area contributed by atoms with Gasteiger partial charge in [0.25, 0.3) is 0 Å². The third kappa shape index (κ3) is 5.22. The molecule has 2 rings (SSSR count). The number of rotatable bonds is 6. The summed E-state index contributed by atoms with van der Waals surface area (Å²) in [6.07, 6.45) is 2.55. The summed E-state index contributed by atoms with van der Waals surface area (Å²) in [4.78, 5) is 0. The van der Waals surface area contributed by atoms with Crippen molar-refractivity contribution in [1.82, 2.24) is 10.6 Å². The maximum atomic E-state index is 5.67. The Hall–Kier alpha value is -0.420. The lowest BCUT2D eigenvalue weighted by Crippen LogP contribution is -2.40. The highest BCUT2D eigenvalue weighted by molar-refractivity contribution is 9.10. The van der Waals surface area contributed by atoms with Gasteiger partial charge in [0.05, 0.1) is 12.7 Å². The minimum Gasteiger partial charge on any atom is -0.376 e. The van der Waals surface area contributed by atoms with E-state index in [4.69, 9.17) is 4.74 Å². The molecule has 1 heterocycles. The number of benzene rings is 1. The lowest BCUT2D eigenvalue weighted by molar-refractivity contribution is 0.0239. The topological polar surface area (TPSA) is 33.3 Å². The van der Waals surface area contributed by atoms with E-state index in [-0.39, 0.29) is 0 Å². The maximum absolute atomic E-state index is 5.67. The fourth-order valence-electron chi connectivity index (χ4n) is 2.33. The van der Waals surface area contributed by atoms with E-state index >= 15 is 0 Å². The van der Waals surface area contributed by atoms with Crippen LogP contribution in [0.25, 0.3) is 0 Å². The van der Waals surface area contributed by atoms with Crippen LogP contribution in [0.4, 0.5) is 0 Å². The quantitative estimate of drug-likeness (QED) is 0.787. The van der Waals surface area contributed by atoms with Gasteiger partial charge in [-0.25, -0.2) is 0 Å². The highest BCUT2D eigenvalue weighted by Gasteiger charge is 2.12. The first-order valence-corrected chi connectivity index (χ1v) is 7.83. The molecule has 1 unspecified atom stereocenters. The molecule has 4 heteroatoms. The van der Waals surface area contributed by atoms with Crippen molar-refractivity contribution in [3.63, 3.8) is 0 Å². The molecule has 1 atom stereocenters. The number of hydrogen-bond donors (Lipinski definition) is 2. The number of morpholine rings is 1. The standard InChI is InChI=1S/C15H23BrN2O/c1-12-2-3-14(16)10-13(12)4-6-17-7-5-15-11-18-8-9-19-15/h2-3,10,15,17-18H,4-9,11H2,1H3. The first kappa shape index (κ1) is 15.0. The Balaban J connectivity index is 1.62. The zero-order chi connectivity index (χ0) is 13.5. The molecule has 1 saturated heterocycles. The van der Waals surface area contributed by atoms with Gasteiger partial charge in [0, 0.05) is 17.6 Å². The van der Waals surface area contributed by atoms with Gasteiger partial charge in [-0.05, 0) is 56.1 Å². The molecular formula is C15H23BrN2O. The van der Waals surface area contributed by atoms with Gasteiger partial charge in [-0.3, -0.25) is 0 Å². The van der Waals surface area contributed by atoms with Gasteiger partial charge >= 0.3 is 0 Å². The summed E-state index contributed by atoms with van der Waals surface area (Å²) >= 11 is 3.53. The summed E-state index contributed by atoms with van der Waals surface area (Å²) in [6.45, 7) is 7.06. The predicted molar refractivity (Wildman–Crippen MR) is 82.7 cm³/mol. The normalized spacial score (nSPS) is 19.6. The van der Waals surface area contributed by atoms with Crippen LogP contribution in [0.15, 0.2) is 22.7 Å². The van der Waals surface area contributed by atoms with Crippen molar-refractivity contribution in [3.8, 4) is 0 Å². The average Bonchev–Trinajstić information content (AvgIpc) is 2.43. The van der Waals surface area contributed by atoms with Crippen molar-refractivity contribution in [2.24, 2.45) is 0 Å². The maximum Gasteiger partial charge on any atom is 0.0712 e. The van der Waals surface area contributed by atoms with Gasteiger partial charge in [0.2, 0.25) is 0 Å². The molecule has 3 nitrogen and oxygen atoms in total. The number of hydrogen-bond acceptors (Lipinski definition) is 3. The molecule has 0 amide bonds. The number of halogens is 1. The zero-order valence-corrected chi connectivity index (χ0v) is 13.1. The molecule has 1 aromatic carbocycles. The molecule has 0 spiro atoms. The monoisotopic (exact) mass is 326 g/mol. The summed E-state index contributed by atoms with van der Waals surface area (Å²) in [5, 5.41) is 6.86. The molecule has 0 saturated carbocycles. The van der Waals surface area contributed by atoms with Gasteiger partial charge in [-0.2, -0.15) is 0 Å². The lowest BCUT2D eigenvalue weighted by Gasteiger charge is -2.23. The molecule has 19 heavy (non-hydrogen) atoms. The molecule has 1 fully saturated rings. The van der Waals surface area contributed by atoms with Crippen molar-refractivity contribution < 1.29 is 4.74 Å². The van der Waals surface area contributed by atoms with Crippen molar-refractivity contribution in [1.29, 1.82) is 0 Å². The van der Waals surface area contributed by atoms with E-state index in [9.17, 15) is 0 Å². The number of nitrogens with one attached hydrogen (secondary N) is 2. The van der Waals surface area contributed by atoms with E-state index < -0.39 is 0 Å². The molecule has 0 aromatic heterocycles. The average molecular weight is 327 g/mol. The van der Waals surface area contributed by atoms with Gasteiger partial charge < -0.3 is 15.4 Å². The third-order valence-electron chi connectivity index (χ3n) is 3.53. The molecule has 0 bridgehead atoms. The summed E-state index contributed by atoms with van der Waals surface area (Å²) < 4.78 is 6.83. The fraction of sp³-hybridized carbons (Fsp3) is 0.600. The summed E-state index contributed by atoms with van der Waals surface area (Å²) in [6, 6.07) is 6.48. The van der Waals surface area contributed by atoms with Crippen molar-refractivity contribution in [2.75, 3.05) is 32.8 Å². The second-order valence-electron chi connectivity index (χ2n) is 5.06. The molecule has 1 aromatic rings. The van der Waals surface area contributed by atoms with Crippen molar-refractivity contribution in [3.05, 3.63) is 33.8 Å². The minimum atomic E-state index is 0.383. The van der Waals surface area contributed by atoms with Crippen LogP contribution in [-0.4, -0.2) is 38.9 Å². The molecular weight excluding hydrogens is 304 g/mol. The zero-order valence-electron chi connectivity index (χ0n) is 11.5. The van der Waals surface area contributed by atoms with Crippen LogP contribution in [0, 0.1) is 6.92 Å². The molecule has 1 aliphatic heterocycles. The van der Waals surface area contributed by atoms with E-state index in [0.29, 0.717) is 6.10 Å². The number of aryl methyl sites for hydroxylation is 1. The molecule has 1 aliphatic rings. The van der Waals surface area contributed by atoms with Crippen LogP contribution < -0.4 is 10.6 Å². The minimum absolute atomic E-state index is 0.383. The van der Waals surface area contributed by atoms with Gasteiger partial charge in [0.15, 0.2) is 0 Å². The Morgan fingerprint density at radius 2 is 2.32 bits per heavy atom. The largest absolute Gasteiger partial charge is 0.376 e. The number of ether oxygens (including phenoxy) is 1. The van der Waals surface area contributed by atoms with E-state index in [2.05, 4.69) is 51.7 Å². The van der Waals surface area contributed by atoms with Crippen molar-refractivity contribution >= 4 is 15.9 Å². The predicted octanol–water partition coefficient (Wildman–Crippen LogP) is 2.27. The molecule has 0 aliphatic carbocycles. The lowest BCUT2D eigenvalue weighted by atomic mass is 10.1. The Bertz CT molecular complexity index is 392. The van der Waals surface area contributed by atoms with Gasteiger partial charge in [0.1, 0.15) is 0 Å². The van der Waals surface area contributed by atoms with Crippen LogP contribution >= 0.6 is 15.9 Å². The van der Waals surface area contributed by atoms with Crippen LogP contribution in [0.2, 0.25) is 0 Å². The first-order valence-electron chi connectivity index (χ1n) is 7.04. The second-order valence-corrected chi connectivity index (χ2v) is 5.97. The summed E-state index contributed by atoms with van der Waals surface area (Å²) in [5.41, 5.74) is 2.78. The Kier molecular flexibility index (Phi) is 6.31. The third-order valence-corrected chi connectivity index (χ3v) is 4.02. The van der Waals surface area contributed by atoms with Crippen LogP contribution in [0.5, 0.6) is 0 Å². The Morgan fingerprint density at radius 3 is 3.11 bits per heavy atom. The summed E-state index contributed by atoms with van der Waals surface area (Å²) in [7, 11) is 0. The molecule has 0 radical (unpaired) electrons. The molecule has 106 valence electrons. The Labute approximate surface area is 124 Å². The van der Waals surface area contributed by atoms with E-state index in [1.807, 2.05) is 0 Å². The smallest absolute Gasteiger partial charge is 0.0712 e. The first-order chi connectivity index (χ1) is 9.25. The highest BCUT2D eigenvalue weighted by atomic mass is 79.9. The summed E-state index contributed by atoms with van der Waals surface area (Å²) in [5.74, 6) is 0. The van der Waals surface area contributed by atoms with Crippen molar-refractivity contribution in [2.45, 2.75) is 25.9 Å². The van der Waals surface area contributed by atoms with Crippen LogP contribution in [0.3, 0.4) is 0 Å². The van der Waals surface area contributed by atoms with Crippen LogP contribution in [-0.2, 0) is 11.2 Å². The van der Waals surface area contributed by atoms with E-state index in [1.165, 1.54) is 11.1 Å². The van der Waals surface area contributed by atoms with E-state index in [0.717, 1.165) is 50.1 Å². The van der Waals surface area contributed by atoms with Gasteiger partial charge in [-0.15, -0.1) is 0 Å². The highest BCUT2D eigenvalue weighted by Crippen LogP contribution is 2.16. The SMILES string of the molecule is Cc1ccc(Br)cc1CCNCCC1CNCCO1.